The van der Waals surface area contributed by atoms with Crippen molar-refractivity contribution < 1.29 is 0 Å². The molecule has 410 valence electrons. The van der Waals surface area contributed by atoms with Gasteiger partial charge in [0.05, 0.1) is 0 Å². The Bertz CT molecular complexity index is 3830. The van der Waals surface area contributed by atoms with Crippen molar-refractivity contribution in [3.63, 3.8) is 0 Å². The molecule has 8 bridgehead atoms. The van der Waals surface area contributed by atoms with Crippen LogP contribution >= 0.6 is 0 Å². The van der Waals surface area contributed by atoms with Gasteiger partial charge in [0, 0.05) is 43.8 Å². The number of nitrogens with zero attached hydrogens (tertiary/aromatic N) is 6. The fourth-order valence-electron chi connectivity index (χ4n) is 18.8. The van der Waals surface area contributed by atoms with Crippen LogP contribution in [0.4, 0.5) is 0 Å². The Balaban J connectivity index is 1.09. The minimum Gasteiger partial charge on any atom is -0.324 e. The second-order valence-electron chi connectivity index (χ2n) is 29.1. The summed E-state index contributed by atoms with van der Waals surface area (Å²) in [7, 11) is 0. The summed E-state index contributed by atoms with van der Waals surface area (Å²) < 4.78 is 0. The van der Waals surface area contributed by atoms with Crippen LogP contribution in [0.25, 0.3) is 89.7 Å². The van der Waals surface area contributed by atoms with Gasteiger partial charge in [-0.05, 0) is 290 Å². The summed E-state index contributed by atoms with van der Waals surface area (Å²) in [5, 5.41) is 5.20. The van der Waals surface area contributed by atoms with Gasteiger partial charge in [-0.3, -0.25) is 0 Å². The molecular weight excluding hydrogens is 977 g/mol. The van der Waals surface area contributed by atoms with Gasteiger partial charge >= 0.3 is 0 Å². The summed E-state index contributed by atoms with van der Waals surface area (Å²) in [5.41, 5.74) is 33.7. The molecule has 0 amide bonds. The van der Waals surface area contributed by atoms with Gasteiger partial charge in [-0.25, -0.2) is 29.9 Å². The van der Waals surface area contributed by atoms with Gasteiger partial charge in [0.25, 0.3) is 0 Å². The van der Waals surface area contributed by atoms with E-state index in [0.29, 0.717) is 47.3 Å². The van der Waals surface area contributed by atoms with E-state index in [4.69, 9.17) is 29.9 Å². The number of hydrogen-bond acceptors (Lipinski definition) is 6. The molecule has 0 fully saturated rings. The molecule has 8 heteroatoms. The van der Waals surface area contributed by atoms with Crippen molar-refractivity contribution in [2.75, 3.05) is 0 Å². The third-order valence-corrected chi connectivity index (χ3v) is 22.9. The van der Waals surface area contributed by atoms with E-state index in [0.717, 1.165) is 149 Å². The Labute approximate surface area is 473 Å². The molecule has 2 N–H and O–H groups in total. The Morgan fingerprint density at radius 2 is 0.438 bits per heavy atom. The SMILES string of the molecule is CC1CCc2c(c3c(c4c2-c2nc-4nc4[nH]c(nc5nc(nc6[nH]c(n2)c2c7c(c8c(c62)CCC(C)C8)CCC(C)C7)-c2c6c(c7c(c2-5)CCC(C)C7)CCC(C)C6)c2c5c(c6c(c42)CCC(C)C6)CCC(C)C5)CC(C)CC3)C1. The summed E-state index contributed by atoms with van der Waals surface area (Å²) in [6.45, 7) is 19.8. The van der Waals surface area contributed by atoms with E-state index in [2.05, 4.69) is 65.4 Å². The van der Waals surface area contributed by atoms with Crippen molar-refractivity contribution in [2.45, 2.75) is 209 Å². The molecule has 5 heterocycles. The van der Waals surface area contributed by atoms with E-state index in [9.17, 15) is 0 Å². The highest BCUT2D eigenvalue weighted by Gasteiger charge is 2.40. The molecule has 8 aliphatic carbocycles. The van der Waals surface area contributed by atoms with Gasteiger partial charge in [0.1, 0.15) is 22.6 Å². The first-order chi connectivity index (χ1) is 38.9. The minimum absolute atomic E-state index is 0.590. The van der Waals surface area contributed by atoms with Crippen LogP contribution in [-0.2, 0) is 103 Å². The van der Waals surface area contributed by atoms with Crippen molar-refractivity contribution in [2.24, 2.45) is 47.3 Å². The van der Waals surface area contributed by atoms with Gasteiger partial charge in [0.2, 0.25) is 0 Å². The fraction of sp³-hybridized carbons (Fsp3) is 0.556. The number of aryl methyl sites for hydroxylation is 2. The molecule has 0 radical (unpaired) electrons. The number of rotatable bonds is 0. The van der Waals surface area contributed by atoms with Crippen LogP contribution < -0.4 is 0 Å². The van der Waals surface area contributed by atoms with Gasteiger partial charge in [-0.15, -0.1) is 0 Å². The Morgan fingerprint density at radius 3 is 0.750 bits per heavy atom. The highest BCUT2D eigenvalue weighted by molar-refractivity contribution is 6.12. The molecule has 0 saturated heterocycles. The van der Waals surface area contributed by atoms with Gasteiger partial charge in [0.15, 0.2) is 23.3 Å². The topological polar surface area (TPSA) is 109 Å². The molecule has 8 unspecified atom stereocenters. The third-order valence-electron chi connectivity index (χ3n) is 22.9. The van der Waals surface area contributed by atoms with E-state index in [-0.39, 0.29) is 0 Å². The zero-order valence-corrected chi connectivity index (χ0v) is 49.3. The molecule has 4 aromatic carbocycles. The highest BCUT2D eigenvalue weighted by atomic mass is 15.1. The summed E-state index contributed by atoms with van der Waals surface area (Å²) in [6, 6.07) is 0. The lowest BCUT2D eigenvalue weighted by Gasteiger charge is -2.32. The van der Waals surface area contributed by atoms with Gasteiger partial charge < -0.3 is 9.97 Å². The van der Waals surface area contributed by atoms with Crippen molar-refractivity contribution in [3.05, 3.63) is 89.0 Å². The second-order valence-corrected chi connectivity index (χ2v) is 29.1. The van der Waals surface area contributed by atoms with Gasteiger partial charge in [-0.1, -0.05) is 55.4 Å². The molecule has 2 aliphatic heterocycles. The van der Waals surface area contributed by atoms with E-state index >= 15 is 0 Å². The lowest BCUT2D eigenvalue weighted by molar-refractivity contribution is 0.475. The van der Waals surface area contributed by atoms with E-state index in [1.54, 1.807) is 44.5 Å². The molecule has 80 heavy (non-hydrogen) atoms. The largest absolute Gasteiger partial charge is 0.324 e. The molecule has 7 aromatic rings. The molecular formula is C72H82N8. The first-order valence-corrected chi connectivity index (χ1v) is 32.5. The quantitative estimate of drug-likeness (QED) is 0.157. The number of H-pyrrole nitrogens is 2. The number of fused-ring (bicyclic) bond motifs is 40. The smallest absolute Gasteiger partial charge is 0.165 e. The average molecular weight is 1060 g/mol. The molecule has 8 nitrogen and oxygen atoms in total. The molecule has 10 aliphatic rings. The molecule has 0 spiro atoms. The Hall–Kier alpha value is -5.76. The summed E-state index contributed by atoms with van der Waals surface area (Å²) in [6.07, 6.45) is 27.3. The van der Waals surface area contributed by atoms with Crippen LogP contribution in [0.2, 0.25) is 0 Å². The Morgan fingerprint density at radius 1 is 0.225 bits per heavy atom. The summed E-state index contributed by atoms with van der Waals surface area (Å²) in [4.78, 5) is 44.6. The highest BCUT2D eigenvalue weighted by Crippen LogP contribution is 2.53. The van der Waals surface area contributed by atoms with Crippen LogP contribution in [0.1, 0.15) is 196 Å². The van der Waals surface area contributed by atoms with E-state index < -0.39 is 0 Å². The number of nitrogens with one attached hydrogen (secondary N) is 2. The Kier molecular flexibility index (Phi) is 10.9. The average Bonchev–Trinajstić information content (AvgIpc) is 4.26. The molecule has 3 aromatic heterocycles. The first kappa shape index (κ1) is 48.9. The standard InChI is InChI=1S/C72H82N8/c1-33-13-21-45-49(25-33)41-17-9-37(5)29-53(41)61-57(45)65-73-69(61)78-66-59-47-23-15-35(3)27-51(47)43-19-11-39(7)31-55(43)63(59)71(75-66)80-68-60-48-24-16-36(4)28-52(48)44-20-12-40(8)32-56(44)64(60)72(76-68)79-67-58-46-22-14-34(2)26-50(46)42-18-10-38(6)30-54(42)62(58)70(74-67)77-65/h33-40H,9-32H2,1-8H3,(H2,73,74,75,76,77,78,79,80). The number of aromatic amines is 2. The number of aromatic nitrogens is 8. The fourth-order valence-corrected chi connectivity index (χ4v) is 18.8. The van der Waals surface area contributed by atoms with E-state index in [1.807, 2.05) is 0 Å². The second kappa shape index (κ2) is 17.9. The van der Waals surface area contributed by atoms with Crippen LogP contribution in [0.5, 0.6) is 0 Å². The lowest BCUT2D eigenvalue weighted by atomic mass is 9.72. The van der Waals surface area contributed by atoms with Gasteiger partial charge in [-0.2, -0.15) is 0 Å². The maximum atomic E-state index is 6.10. The van der Waals surface area contributed by atoms with Crippen LogP contribution in [0.15, 0.2) is 0 Å². The van der Waals surface area contributed by atoms with Crippen molar-refractivity contribution >= 4 is 44.1 Å². The molecule has 0 saturated carbocycles. The zero-order valence-electron chi connectivity index (χ0n) is 49.3. The monoisotopic (exact) mass is 1060 g/mol. The third kappa shape index (κ3) is 7.16. The van der Waals surface area contributed by atoms with Crippen molar-refractivity contribution in [1.29, 1.82) is 0 Å². The maximum Gasteiger partial charge on any atom is 0.165 e. The predicted molar refractivity (Wildman–Crippen MR) is 326 cm³/mol. The normalized spacial score (nSPS) is 26.3. The van der Waals surface area contributed by atoms with E-state index in [1.165, 1.54) is 140 Å². The predicted octanol–water partition coefficient (Wildman–Crippen LogP) is 15.9. The summed E-state index contributed by atoms with van der Waals surface area (Å²) in [5.74, 6) is 8.39. The van der Waals surface area contributed by atoms with Crippen molar-refractivity contribution in [3.8, 4) is 45.6 Å². The van der Waals surface area contributed by atoms with Crippen LogP contribution in [-0.4, -0.2) is 39.9 Å². The molecule has 8 atom stereocenters. The lowest BCUT2D eigenvalue weighted by Crippen LogP contribution is -2.21. The first-order valence-electron chi connectivity index (χ1n) is 32.5. The molecule has 17 rings (SSSR count). The summed E-state index contributed by atoms with van der Waals surface area (Å²) >= 11 is 0. The van der Waals surface area contributed by atoms with Crippen LogP contribution in [0.3, 0.4) is 0 Å². The van der Waals surface area contributed by atoms with Crippen molar-refractivity contribution in [1.82, 2.24) is 39.9 Å². The number of hydrogen-bond donors (Lipinski definition) is 2. The number of benzene rings is 4. The minimum atomic E-state index is 0.590. The maximum absolute atomic E-state index is 6.10. The zero-order chi connectivity index (χ0) is 53.7. The van der Waals surface area contributed by atoms with Crippen LogP contribution in [0, 0.1) is 47.3 Å².